The maximum Gasteiger partial charge on any atom is 0.235 e. The van der Waals surface area contributed by atoms with E-state index in [9.17, 15) is 19.8 Å². The molecule has 2 saturated heterocycles. The monoisotopic (exact) mass is 505 g/mol. The van der Waals surface area contributed by atoms with Gasteiger partial charge >= 0.3 is 0 Å². The largest absolute Gasteiger partial charge is 0.543 e. The van der Waals surface area contributed by atoms with Crippen LogP contribution in [0.5, 0.6) is 0 Å². The summed E-state index contributed by atoms with van der Waals surface area (Å²) in [6.07, 6.45) is 1.77. The van der Waals surface area contributed by atoms with Gasteiger partial charge in [-0.2, -0.15) is 0 Å². The highest BCUT2D eigenvalue weighted by Crippen LogP contribution is 2.52. The smallest absolute Gasteiger partial charge is 0.235 e. The number of likely N-dealkylation sites (tertiary alicyclic amines) is 1. The van der Waals surface area contributed by atoms with Gasteiger partial charge in [0, 0.05) is 29.0 Å². The van der Waals surface area contributed by atoms with Crippen molar-refractivity contribution in [2.24, 2.45) is 11.8 Å². The average molecular weight is 506 g/mol. The second kappa shape index (κ2) is 8.49. The Hall–Kier alpha value is -1.72. The van der Waals surface area contributed by atoms with E-state index in [2.05, 4.69) is 19.2 Å². The zero-order valence-corrected chi connectivity index (χ0v) is 21.3. The molecule has 7 nitrogen and oxygen atoms in total. The van der Waals surface area contributed by atoms with E-state index in [1.54, 1.807) is 18.3 Å². The molecule has 0 bridgehead atoms. The molecule has 2 fully saturated rings. The first-order valence-corrected chi connectivity index (χ1v) is 13.7. The molecule has 3 aliphatic heterocycles. The highest BCUT2D eigenvalue weighted by Gasteiger charge is 2.58. The highest BCUT2D eigenvalue weighted by atomic mass is 32.2. The minimum Gasteiger partial charge on any atom is -0.543 e. The predicted octanol–water partition coefficient (Wildman–Crippen LogP) is 2.52. The molecule has 1 N–H and O–H groups in total. The molecule has 1 amide bonds. The van der Waals surface area contributed by atoms with E-state index >= 15 is 0 Å². The molecule has 5 heterocycles. The van der Waals surface area contributed by atoms with Crippen molar-refractivity contribution in [2.45, 2.75) is 49.7 Å². The van der Waals surface area contributed by atoms with Crippen molar-refractivity contribution in [3.05, 3.63) is 33.0 Å². The Balaban J connectivity index is 1.35. The van der Waals surface area contributed by atoms with Gasteiger partial charge in [0.1, 0.15) is 6.54 Å². The topological polar surface area (TPSA) is 93.6 Å². The van der Waals surface area contributed by atoms with Gasteiger partial charge in [-0.15, -0.1) is 22.7 Å². The maximum absolute atomic E-state index is 12.5. The molecule has 4 atom stereocenters. The van der Waals surface area contributed by atoms with Crippen LogP contribution in [0, 0.1) is 11.8 Å². The zero-order valence-electron chi connectivity index (χ0n) is 18.8. The quantitative estimate of drug-likeness (QED) is 0.459. The number of carboxylic acids is 1. The van der Waals surface area contributed by atoms with E-state index < -0.39 is 18.0 Å². The second-order valence-electron chi connectivity index (χ2n) is 9.55. The third-order valence-corrected chi connectivity index (χ3v) is 10.4. The molecule has 2 aromatic heterocycles. The number of hydrogen-bond acceptors (Lipinski definition) is 8. The van der Waals surface area contributed by atoms with Gasteiger partial charge in [-0.1, -0.05) is 18.7 Å². The van der Waals surface area contributed by atoms with Crippen LogP contribution < -0.4 is 5.11 Å². The minimum absolute atomic E-state index is 0.0721. The number of aliphatic hydroxyl groups excluding tert-OH is 1. The third-order valence-electron chi connectivity index (χ3n) is 7.08. The molecule has 0 aromatic carbocycles. The number of fused-ring (bicyclic) bond motifs is 1. The van der Waals surface area contributed by atoms with E-state index in [0.717, 1.165) is 25.9 Å². The third kappa shape index (κ3) is 3.95. The summed E-state index contributed by atoms with van der Waals surface area (Å²) in [4.78, 5) is 33.5. The fourth-order valence-electron chi connectivity index (χ4n) is 5.39. The van der Waals surface area contributed by atoms with Gasteiger partial charge in [-0.05, 0) is 19.1 Å². The predicted molar refractivity (Wildman–Crippen MR) is 127 cm³/mol. The minimum atomic E-state index is -1.36. The van der Waals surface area contributed by atoms with E-state index in [0.29, 0.717) is 4.91 Å². The van der Waals surface area contributed by atoms with Gasteiger partial charge in [0.2, 0.25) is 5.91 Å². The van der Waals surface area contributed by atoms with E-state index in [1.807, 2.05) is 12.3 Å². The number of quaternary nitrogens is 1. The molecule has 0 unspecified atom stereocenters. The SMILES string of the molecule is C[C@@H](O)[C@H]1C(=O)N2C(C(=O)[O-])=C(Sc3nc(-c4ccc(C[N+]5(C)CCCC5)s4)cs3)[C@H](C)[C@H]12. The number of aliphatic carboxylic acids is 1. The Morgan fingerprint density at radius 1 is 1.39 bits per heavy atom. The van der Waals surface area contributed by atoms with Crippen LogP contribution in [-0.2, 0) is 16.1 Å². The Morgan fingerprint density at radius 2 is 2.12 bits per heavy atom. The fraction of sp³-hybridized carbons (Fsp3) is 0.522. The van der Waals surface area contributed by atoms with E-state index in [1.165, 1.54) is 58.8 Å². The number of carboxylic acid groups (broad SMARTS) is 1. The zero-order chi connectivity index (χ0) is 23.5. The number of carbonyl (C=O) groups is 2. The van der Waals surface area contributed by atoms with Gasteiger partial charge in [0.25, 0.3) is 0 Å². The molecule has 10 heteroatoms. The molecular formula is C23H27N3O4S3. The summed E-state index contributed by atoms with van der Waals surface area (Å²) in [5.74, 6) is -2.49. The van der Waals surface area contributed by atoms with E-state index in [-0.39, 0.29) is 23.6 Å². The summed E-state index contributed by atoms with van der Waals surface area (Å²) in [6, 6.07) is 3.96. The molecule has 33 heavy (non-hydrogen) atoms. The molecule has 0 saturated carbocycles. The van der Waals surface area contributed by atoms with Crippen molar-refractivity contribution in [2.75, 3.05) is 20.1 Å². The molecule has 5 rings (SSSR count). The van der Waals surface area contributed by atoms with Crippen molar-refractivity contribution in [1.29, 1.82) is 0 Å². The Labute approximate surface area is 205 Å². The number of aliphatic hydroxyl groups is 1. The summed E-state index contributed by atoms with van der Waals surface area (Å²) in [7, 11) is 2.32. The lowest BCUT2D eigenvalue weighted by molar-refractivity contribution is -0.910. The normalized spacial score (nSPS) is 27.1. The van der Waals surface area contributed by atoms with Gasteiger partial charge in [-0.3, -0.25) is 4.79 Å². The summed E-state index contributed by atoms with van der Waals surface area (Å²) in [5, 5.41) is 23.9. The molecule has 2 aromatic rings. The summed E-state index contributed by atoms with van der Waals surface area (Å²) >= 11 is 4.54. The highest BCUT2D eigenvalue weighted by molar-refractivity contribution is 8.04. The molecular weight excluding hydrogens is 478 g/mol. The van der Waals surface area contributed by atoms with Crippen LogP contribution in [0.1, 0.15) is 31.6 Å². The lowest BCUT2D eigenvalue weighted by Crippen LogP contribution is -2.64. The Bertz CT molecular complexity index is 1130. The number of amides is 1. The van der Waals surface area contributed by atoms with Gasteiger partial charge in [-0.25, -0.2) is 4.98 Å². The number of carbonyl (C=O) groups excluding carboxylic acids is 2. The Morgan fingerprint density at radius 3 is 2.79 bits per heavy atom. The number of hydrogen-bond donors (Lipinski definition) is 1. The molecule has 3 aliphatic rings. The number of thiazole rings is 1. The first kappa shape index (κ1) is 23.0. The van der Waals surface area contributed by atoms with Crippen LogP contribution in [0.3, 0.4) is 0 Å². The van der Waals surface area contributed by atoms with Gasteiger partial charge < -0.3 is 24.4 Å². The van der Waals surface area contributed by atoms with Crippen molar-refractivity contribution >= 4 is 46.3 Å². The standard InChI is InChI=1S/C23H27N3O4S3/c1-12-18-17(13(2)27)21(28)25(18)19(22(29)30)20(12)33-23-24-15(11-31-23)16-7-6-14(32-16)10-26(3)8-4-5-9-26/h6-7,11-13,17-18,27H,4-5,8-10H2,1-3H3/t12-,13-,17-,18-/m1/s1. The molecule has 0 radical (unpaired) electrons. The van der Waals surface area contributed by atoms with E-state index in [4.69, 9.17) is 4.98 Å². The number of β-lactam (4-membered cyclic amide) rings is 1. The fourth-order valence-corrected chi connectivity index (χ4v) is 8.69. The number of rotatable bonds is 7. The first-order chi connectivity index (χ1) is 15.7. The van der Waals surface area contributed by atoms with Crippen molar-refractivity contribution in [1.82, 2.24) is 9.88 Å². The number of aromatic nitrogens is 1. The maximum atomic E-state index is 12.5. The van der Waals surface area contributed by atoms with Crippen LogP contribution >= 0.6 is 34.4 Å². The van der Waals surface area contributed by atoms with Crippen molar-refractivity contribution in [3.8, 4) is 10.6 Å². The van der Waals surface area contributed by atoms with Crippen molar-refractivity contribution < 1.29 is 24.3 Å². The van der Waals surface area contributed by atoms with Crippen LogP contribution in [0.4, 0.5) is 0 Å². The summed E-state index contributed by atoms with van der Waals surface area (Å²) < 4.78 is 1.84. The summed E-state index contributed by atoms with van der Waals surface area (Å²) in [5.41, 5.74) is 0.822. The van der Waals surface area contributed by atoms with Crippen LogP contribution in [0.2, 0.25) is 0 Å². The molecule has 0 aliphatic carbocycles. The Kier molecular flexibility index (Phi) is 5.93. The number of thiophene rings is 1. The van der Waals surface area contributed by atoms with Gasteiger partial charge in [0.05, 0.1) is 65.3 Å². The van der Waals surface area contributed by atoms with Crippen molar-refractivity contribution in [3.63, 3.8) is 0 Å². The number of thioether (sulfide) groups is 1. The van der Waals surface area contributed by atoms with Gasteiger partial charge in [0.15, 0.2) is 4.34 Å². The number of nitrogens with zero attached hydrogens (tertiary/aromatic N) is 3. The second-order valence-corrected chi connectivity index (χ2v) is 12.9. The van der Waals surface area contributed by atoms with Crippen LogP contribution in [0.15, 0.2) is 32.5 Å². The lowest BCUT2D eigenvalue weighted by atomic mass is 9.79. The average Bonchev–Trinajstić information content (AvgIpc) is 3.51. The first-order valence-electron chi connectivity index (χ1n) is 11.2. The molecule has 176 valence electrons. The lowest BCUT2D eigenvalue weighted by Gasteiger charge is -2.47. The van der Waals surface area contributed by atoms with Crippen LogP contribution in [-0.4, -0.2) is 63.6 Å². The van der Waals surface area contributed by atoms with Crippen LogP contribution in [0.25, 0.3) is 10.6 Å². The molecule has 0 spiro atoms. The summed E-state index contributed by atoms with van der Waals surface area (Å²) in [6.45, 7) is 6.99.